The standard InChI is InChI=1S/C16H34O8P2.C12H25O5P.C6H14N.C4H10ClO3P.Li/c1-5-21-25(17,22-6-2)16(26(18,23-7-3)24-8-4)12-14-20-15-11-9-10-13-19-15;1-3-16-18(13,17-4-2)11-7-10-15-12-8-5-6-9-14-12;1-5(2)7-6(3)4;1-3-7-9(5,6)8-4-2;/h15-16H,5-14H2,1-4H3;12H,3-11H2,1-2H3;5-6H,1-4H3;3-4H2,1-2H3;/q;;-1;;+1. The summed E-state index contributed by atoms with van der Waals surface area (Å²) < 4.78 is 113. The van der Waals surface area contributed by atoms with E-state index in [4.69, 9.17) is 57.3 Å². The maximum absolute atomic E-state index is 13.3. The van der Waals surface area contributed by atoms with Gasteiger partial charge in [-0.2, -0.15) is 0 Å². The minimum atomic E-state index is -3.71. The summed E-state index contributed by atoms with van der Waals surface area (Å²) in [5, 5.41) is 3.23. The molecule has 0 aromatic heterocycles. The zero-order chi connectivity index (χ0) is 45.9. The van der Waals surface area contributed by atoms with Crippen LogP contribution in [-0.4, -0.2) is 116 Å². The van der Waals surface area contributed by atoms with Crippen molar-refractivity contribution in [2.45, 2.75) is 165 Å². The Morgan fingerprint density at radius 3 is 1.21 bits per heavy atom. The minimum Gasteiger partial charge on any atom is -0.658 e. The van der Waals surface area contributed by atoms with Gasteiger partial charge in [0.1, 0.15) is 0 Å². The normalized spacial score (nSPS) is 17.4. The number of hydrogen-bond donors (Lipinski definition) is 0. The predicted octanol–water partition coefficient (Wildman–Crippen LogP) is 9.55. The fraction of sp³-hybridized carbons (Fsp3) is 1.00. The molecule has 0 aromatic rings. The molecule has 2 aliphatic rings. The first-order valence-electron chi connectivity index (χ1n) is 21.8. The second-order valence-corrected chi connectivity index (χ2v) is 23.1. The summed E-state index contributed by atoms with van der Waals surface area (Å²) in [6.45, 7) is 23.3. The van der Waals surface area contributed by atoms with Gasteiger partial charge in [-0.25, -0.2) is 4.57 Å². The average Bonchev–Trinajstić information content (AvgIpc) is 3.17. The first-order chi connectivity index (χ1) is 28.4. The van der Waals surface area contributed by atoms with Crippen LogP contribution in [0.4, 0.5) is 0 Å². The van der Waals surface area contributed by atoms with Gasteiger partial charge < -0.3 is 51.4 Å². The third-order valence-electron chi connectivity index (χ3n) is 7.62. The van der Waals surface area contributed by atoms with Crippen molar-refractivity contribution in [1.29, 1.82) is 0 Å². The third-order valence-corrected chi connectivity index (χ3v) is 17.6. The monoisotopic (exact) mass is 975 g/mol. The fourth-order valence-corrected chi connectivity index (χ4v) is 13.8. The summed E-state index contributed by atoms with van der Waals surface area (Å²) in [6, 6.07) is 1.000. The molecule has 61 heavy (non-hydrogen) atoms. The van der Waals surface area contributed by atoms with Gasteiger partial charge in [-0.1, -0.05) is 27.7 Å². The average molecular weight is 976 g/mol. The van der Waals surface area contributed by atoms with E-state index >= 15 is 0 Å². The van der Waals surface area contributed by atoms with Gasteiger partial charge in [0, 0.05) is 24.5 Å². The fourth-order valence-electron chi connectivity index (χ4n) is 5.59. The maximum Gasteiger partial charge on any atom is 1.00 e. The van der Waals surface area contributed by atoms with Gasteiger partial charge in [0.25, 0.3) is 0 Å². The molecule has 0 spiro atoms. The van der Waals surface area contributed by atoms with Crippen molar-refractivity contribution in [3.8, 4) is 0 Å². The van der Waals surface area contributed by atoms with Crippen LogP contribution in [0.15, 0.2) is 0 Å². The smallest absolute Gasteiger partial charge is 0.658 e. The molecule has 23 heteroatoms. The Morgan fingerprint density at radius 1 is 0.557 bits per heavy atom. The second kappa shape index (κ2) is 40.4. The quantitative estimate of drug-likeness (QED) is 0.0390. The van der Waals surface area contributed by atoms with E-state index in [0.717, 1.165) is 45.1 Å². The number of halogens is 1. The molecular weight excluding hydrogens is 893 g/mol. The zero-order valence-electron chi connectivity index (χ0n) is 39.9. The van der Waals surface area contributed by atoms with Crippen LogP contribution in [0.2, 0.25) is 0 Å². The molecule has 2 unspecified atom stereocenters. The van der Waals surface area contributed by atoms with Gasteiger partial charge in [-0.3, -0.25) is 22.7 Å². The Hall–Kier alpha value is 1.29. The molecule has 0 bridgehead atoms. The van der Waals surface area contributed by atoms with E-state index in [1.807, 2.05) is 13.8 Å². The van der Waals surface area contributed by atoms with Crippen LogP contribution in [-0.2, 0) is 73.4 Å². The summed E-state index contributed by atoms with van der Waals surface area (Å²) in [6.07, 6.45) is 6.95. The van der Waals surface area contributed by atoms with Gasteiger partial charge in [0.05, 0.1) is 72.2 Å². The minimum absolute atomic E-state index is 0. The van der Waals surface area contributed by atoms with Crippen LogP contribution in [0.3, 0.4) is 0 Å². The van der Waals surface area contributed by atoms with Crippen LogP contribution >= 0.6 is 41.0 Å². The van der Waals surface area contributed by atoms with Gasteiger partial charge in [-0.15, -0.1) is 12.1 Å². The Bertz CT molecular complexity index is 1130. The molecule has 2 aliphatic heterocycles. The number of nitrogens with zero attached hydrogens (tertiary/aromatic N) is 1. The van der Waals surface area contributed by atoms with E-state index in [9.17, 15) is 18.3 Å². The summed E-state index contributed by atoms with van der Waals surface area (Å²) >= 11 is 5.25. The Labute approximate surface area is 386 Å². The number of hydrogen-bond acceptors (Lipinski definition) is 16. The third kappa shape index (κ3) is 34.3. The van der Waals surface area contributed by atoms with E-state index < -0.39 is 35.1 Å². The second-order valence-electron chi connectivity index (χ2n) is 13.5. The van der Waals surface area contributed by atoms with Crippen molar-refractivity contribution in [3.63, 3.8) is 0 Å². The molecule has 0 aliphatic carbocycles. The molecule has 2 fully saturated rings. The molecule has 0 aromatic carbocycles. The van der Waals surface area contributed by atoms with Crippen molar-refractivity contribution in [1.82, 2.24) is 0 Å². The summed E-state index contributed by atoms with van der Waals surface area (Å²) in [7, 11) is -10.3. The molecule has 0 amide bonds. The molecule has 364 valence electrons. The molecule has 2 rings (SSSR count). The van der Waals surface area contributed by atoms with Crippen LogP contribution in [0.25, 0.3) is 5.32 Å². The van der Waals surface area contributed by atoms with Crippen molar-refractivity contribution in [2.75, 3.05) is 85.4 Å². The van der Waals surface area contributed by atoms with Gasteiger partial charge in [0.15, 0.2) is 18.0 Å². The van der Waals surface area contributed by atoms with Crippen molar-refractivity contribution in [2.24, 2.45) is 0 Å². The summed E-state index contributed by atoms with van der Waals surface area (Å²) in [5.74, 6) is 0. The molecule has 0 radical (unpaired) electrons. The predicted molar refractivity (Wildman–Crippen MR) is 240 cm³/mol. The van der Waals surface area contributed by atoms with Gasteiger partial charge in [-0.05, 0) is 107 Å². The van der Waals surface area contributed by atoms with Crippen LogP contribution in [0.1, 0.15) is 134 Å². The molecule has 0 N–H and O–H groups in total. The Morgan fingerprint density at radius 2 is 0.918 bits per heavy atom. The topological polar surface area (TPSA) is 193 Å². The summed E-state index contributed by atoms with van der Waals surface area (Å²) in [5.41, 5.74) is 0. The van der Waals surface area contributed by atoms with E-state index in [0.29, 0.717) is 64.3 Å². The maximum atomic E-state index is 13.3. The van der Waals surface area contributed by atoms with Gasteiger partial charge >= 0.3 is 48.6 Å². The largest absolute Gasteiger partial charge is 1.00 e. The van der Waals surface area contributed by atoms with Crippen molar-refractivity contribution < 1.29 is 92.3 Å². The van der Waals surface area contributed by atoms with Crippen LogP contribution in [0, 0.1) is 0 Å². The van der Waals surface area contributed by atoms with Crippen molar-refractivity contribution >= 4 is 41.0 Å². The SMILES string of the molecule is CC(C)[N-]C(C)C.CCOP(=O)(CCCOC1CCCCO1)OCC.CCOP(=O)(Cl)OCC.CCOP(=O)(OCC)C(CCOC1CCCCO1)P(=O)(OCC)OCC.[Li+]. The van der Waals surface area contributed by atoms with E-state index in [1.54, 1.807) is 41.5 Å². The number of rotatable bonds is 29. The van der Waals surface area contributed by atoms with E-state index in [2.05, 4.69) is 42.1 Å². The van der Waals surface area contributed by atoms with Gasteiger partial charge in [0.2, 0.25) is 0 Å². The Balaban J connectivity index is -0.000000827. The molecular formula is C38H83ClLiNO16P4. The molecule has 0 saturated carbocycles. The first kappa shape index (κ1) is 66.6. The van der Waals surface area contributed by atoms with Crippen LogP contribution in [0.5, 0.6) is 0 Å². The van der Waals surface area contributed by atoms with Crippen molar-refractivity contribution in [3.05, 3.63) is 5.32 Å². The van der Waals surface area contributed by atoms with E-state index in [-0.39, 0.29) is 70.9 Å². The molecule has 17 nitrogen and oxygen atoms in total. The zero-order valence-corrected chi connectivity index (χ0v) is 44.2. The number of ether oxygens (including phenoxy) is 4. The van der Waals surface area contributed by atoms with Crippen LogP contribution < -0.4 is 18.9 Å². The van der Waals surface area contributed by atoms with E-state index in [1.165, 1.54) is 0 Å². The first-order valence-corrected chi connectivity index (χ1v) is 29.2. The molecule has 2 saturated heterocycles. The Kier molecular flexibility index (Phi) is 44.0. The molecule has 2 atom stereocenters. The summed E-state index contributed by atoms with van der Waals surface area (Å²) in [4.78, 5) is 0. The molecule has 2 heterocycles.